The molecule has 0 unspecified atom stereocenters. The van der Waals surface area contributed by atoms with Gasteiger partial charge in [0.05, 0.1) is 5.56 Å². The number of imidazole rings is 1. The molecule has 1 heterocycles. The second-order valence-electron chi connectivity index (χ2n) is 12.9. The van der Waals surface area contributed by atoms with Crippen molar-refractivity contribution in [1.82, 2.24) is 9.71 Å². The van der Waals surface area contributed by atoms with Crippen LogP contribution in [0, 0.1) is 17.8 Å². The van der Waals surface area contributed by atoms with E-state index in [1.165, 1.54) is 25.7 Å². The summed E-state index contributed by atoms with van der Waals surface area (Å²) in [7, 11) is 0. The van der Waals surface area contributed by atoms with Crippen LogP contribution in [0.1, 0.15) is 114 Å². The first-order chi connectivity index (χ1) is 20.0. The maximum absolute atomic E-state index is 14.3. The van der Waals surface area contributed by atoms with Crippen LogP contribution in [-0.4, -0.2) is 32.3 Å². The van der Waals surface area contributed by atoms with E-state index in [-0.39, 0.29) is 40.8 Å². The van der Waals surface area contributed by atoms with E-state index in [1.54, 1.807) is 24.3 Å². The minimum absolute atomic E-state index is 0.0182. The summed E-state index contributed by atoms with van der Waals surface area (Å²) in [6.07, 6.45) is 11.9. The lowest BCUT2D eigenvalue weighted by Crippen LogP contribution is -2.53. The summed E-state index contributed by atoms with van der Waals surface area (Å²) < 4.78 is 13.4. The standard InChI is InChI=1S/C34H38N2O5/c37-30(27-13-7-8-14-28(27)33(38)40-21-22-9-3-1-4-10-22)29-32(35-31(36(29)39)26-11-5-2-6-12-26)41-34-18-23-15-24(19-34)17-25(16-23)20-34/h1,3-4,7-10,13-14,23-26,39H,2,5-6,11-12,15-21H2. The van der Waals surface area contributed by atoms with Gasteiger partial charge in [0.2, 0.25) is 11.7 Å². The number of hydrogen-bond acceptors (Lipinski definition) is 6. The van der Waals surface area contributed by atoms with Gasteiger partial charge in [-0.2, -0.15) is 9.71 Å². The number of ether oxygens (including phenoxy) is 2. The van der Waals surface area contributed by atoms with Crippen molar-refractivity contribution >= 4 is 11.8 Å². The summed E-state index contributed by atoms with van der Waals surface area (Å²) in [6.45, 7) is 0.104. The van der Waals surface area contributed by atoms with Crippen LogP contribution in [0.5, 0.6) is 5.88 Å². The molecule has 1 N–H and O–H groups in total. The summed E-state index contributed by atoms with van der Waals surface area (Å²) in [4.78, 5) is 32.3. The molecule has 5 aliphatic carbocycles. The van der Waals surface area contributed by atoms with Gasteiger partial charge < -0.3 is 14.7 Å². The lowest BCUT2D eigenvalue weighted by atomic mass is 9.54. The SMILES string of the molecule is O=C(OCc1ccccc1)c1ccccc1C(=O)c1c(OC23CC4CC(CC(C4)C2)C3)nc(C2CCCCC2)n1O. The first-order valence-electron chi connectivity index (χ1n) is 15.3. The van der Waals surface area contributed by atoms with Crippen molar-refractivity contribution in [2.45, 2.75) is 88.8 Å². The van der Waals surface area contributed by atoms with E-state index in [0.717, 1.165) is 55.2 Å². The average Bonchev–Trinajstić information content (AvgIpc) is 3.30. The topological polar surface area (TPSA) is 90.7 Å². The average molecular weight is 555 g/mol. The third-order valence-electron chi connectivity index (χ3n) is 9.93. The molecule has 4 bridgehead atoms. The molecule has 1 aromatic heterocycles. The van der Waals surface area contributed by atoms with E-state index in [1.807, 2.05) is 30.3 Å². The molecular formula is C34H38N2O5. The number of rotatable bonds is 8. The quantitative estimate of drug-likeness (QED) is 0.181. The number of ketones is 1. The molecule has 214 valence electrons. The van der Waals surface area contributed by atoms with Gasteiger partial charge in [-0.25, -0.2) is 4.79 Å². The monoisotopic (exact) mass is 554 g/mol. The van der Waals surface area contributed by atoms with Gasteiger partial charge in [-0.15, -0.1) is 0 Å². The van der Waals surface area contributed by atoms with Gasteiger partial charge in [-0.3, -0.25) is 4.79 Å². The van der Waals surface area contributed by atoms with Crippen molar-refractivity contribution in [1.29, 1.82) is 0 Å². The van der Waals surface area contributed by atoms with Gasteiger partial charge in [0.15, 0.2) is 11.5 Å². The number of esters is 1. The smallest absolute Gasteiger partial charge is 0.339 e. The largest absolute Gasteiger partial charge is 0.469 e. The van der Waals surface area contributed by atoms with E-state index in [2.05, 4.69) is 0 Å². The zero-order valence-corrected chi connectivity index (χ0v) is 23.5. The molecular weight excluding hydrogens is 516 g/mol. The third kappa shape index (κ3) is 5.04. The normalized spacial score (nSPS) is 27.1. The van der Waals surface area contributed by atoms with Crippen molar-refractivity contribution in [3.63, 3.8) is 0 Å². The van der Waals surface area contributed by atoms with Gasteiger partial charge in [0.1, 0.15) is 12.2 Å². The zero-order valence-electron chi connectivity index (χ0n) is 23.5. The Kier molecular flexibility index (Phi) is 6.84. The van der Waals surface area contributed by atoms with Crippen molar-refractivity contribution < 1.29 is 24.3 Å². The zero-order chi connectivity index (χ0) is 28.0. The fourth-order valence-corrected chi connectivity index (χ4v) is 8.45. The fourth-order valence-electron chi connectivity index (χ4n) is 8.45. The van der Waals surface area contributed by atoms with E-state index >= 15 is 0 Å². The summed E-state index contributed by atoms with van der Waals surface area (Å²) in [5, 5.41) is 11.5. The number of hydrogen-bond donors (Lipinski definition) is 1. The summed E-state index contributed by atoms with van der Waals surface area (Å²) >= 11 is 0. The Balaban J connectivity index is 1.23. The molecule has 3 aromatic rings. The summed E-state index contributed by atoms with van der Waals surface area (Å²) in [5.74, 6) is 1.70. The molecule has 5 fully saturated rings. The predicted octanol–water partition coefficient (Wildman–Crippen LogP) is 7.10. The lowest BCUT2D eigenvalue weighted by Gasteiger charge is -2.55. The van der Waals surface area contributed by atoms with Crippen molar-refractivity contribution in [2.75, 3.05) is 0 Å². The first-order valence-corrected chi connectivity index (χ1v) is 15.3. The highest BCUT2D eigenvalue weighted by Crippen LogP contribution is 2.57. The first kappa shape index (κ1) is 26.3. The Hall–Kier alpha value is -3.61. The van der Waals surface area contributed by atoms with Crippen molar-refractivity contribution in [2.24, 2.45) is 17.8 Å². The summed E-state index contributed by atoms with van der Waals surface area (Å²) in [5.41, 5.74) is 0.878. The molecule has 0 saturated heterocycles. The third-order valence-corrected chi connectivity index (χ3v) is 9.93. The van der Waals surface area contributed by atoms with Crippen molar-refractivity contribution in [3.05, 3.63) is 82.8 Å². The highest BCUT2D eigenvalue weighted by atomic mass is 16.5. The molecule has 5 saturated carbocycles. The maximum atomic E-state index is 14.3. The van der Waals surface area contributed by atoms with Gasteiger partial charge in [0, 0.05) is 11.5 Å². The van der Waals surface area contributed by atoms with E-state index in [0.29, 0.717) is 23.6 Å². The molecule has 2 aromatic carbocycles. The Morgan fingerprint density at radius 1 is 0.854 bits per heavy atom. The van der Waals surface area contributed by atoms with Crippen LogP contribution < -0.4 is 4.74 Å². The van der Waals surface area contributed by atoms with Crippen LogP contribution in [0.3, 0.4) is 0 Å². The number of benzene rings is 2. The molecule has 0 atom stereocenters. The predicted molar refractivity (Wildman–Crippen MR) is 152 cm³/mol. The Morgan fingerprint density at radius 2 is 1.46 bits per heavy atom. The van der Waals surface area contributed by atoms with Gasteiger partial charge >= 0.3 is 5.97 Å². The molecule has 0 spiro atoms. The molecule has 7 heteroatoms. The molecule has 5 aliphatic rings. The number of carbonyl (C=O) groups excluding carboxylic acids is 2. The van der Waals surface area contributed by atoms with Crippen LogP contribution in [0.25, 0.3) is 0 Å². The summed E-state index contributed by atoms with van der Waals surface area (Å²) in [6, 6.07) is 16.1. The van der Waals surface area contributed by atoms with Crippen molar-refractivity contribution in [3.8, 4) is 5.88 Å². The van der Waals surface area contributed by atoms with Gasteiger partial charge in [-0.1, -0.05) is 67.8 Å². The van der Waals surface area contributed by atoms with E-state index < -0.39 is 11.8 Å². The minimum atomic E-state index is -0.585. The Labute approximate surface area is 240 Å². The molecule has 0 radical (unpaired) electrons. The van der Waals surface area contributed by atoms with Crippen LogP contribution in [0.15, 0.2) is 54.6 Å². The maximum Gasteiger partial charge on any atom is 0.339 e. The fraction of sp³-hybridized carbons (Fsp3) is 0.500. The lowest BCUT2D eigenvalue weighted by molar-refractivity contribution is -0.109. The second kappa shape index (κ2) is 10.7. The van der Waals surface area contributed by atoms with Crippen LogP contribution in [0.2, 0.25) is 0 Å². The Morgan fingerprint density at radius 3 is 2.12 bits per heavy atom. The molecule has 41 heavy (non-hydrogen) atoms. The molecule has 0 aliphatic heterocycles. The minimum Gasteiger partial charge on any atom is -0.469 e. The van der Waals surface area contributed by atoms with E-state index in [4.69, 9.17) is 14.5 Å². The number of carbonyl (C=O) groups is 2. The number of aromatic nitrogens is 2. The molecule has 0 amide bonds. The second-order valence-corrected chi connectivity index (χ2v) is 12.9. The van der Waals surface area contributed by atoms with Gasteiger partial charge in [0.25, 0.3) is 0 Å². The number of nitrogens with zero attached hydrogens (tertiary/aromatic N) is 2. The molecule has 8 rings (SSSR count). The highest BCUT2D eigenvalue weighted by Gasteiger charge is 2.53. The van der Waals surface area contributed by atoms with Crippen LogP contribution >= 0.6 is 0 Å². The van der Waals surface area contributed by atoms with Crippen LogP contribution in [-0.2, 0) is 11.3 Å². The molecule has 7 nitrogen and oxygen atoms in total. The van der Waals surface area contributed by atoms with E-state index in [9.17, 15) is 14.8 Å². The Bertz CT molecular complexity index is 1400. The highest BCUT2D eigenvalue weighted by molar-refractivity contribution is 6.14. The van der Waals surface area contributed by atoms with Gasteiger partial charge in [-0.05, 0) is 80.8 Å². The van der Waals surface area contributed by atoms with Crippen LogP contribution in [0.4, 0.5) is 0 Å².